The molecule has 0 heterocycles. The monoisotopic (exact) mass is 298 g/mol. The Morgan fingerprint density at radius 3 is 2.30 bits per heavy atom. The molecule has 20 heavy (non-hydrogen) atoms. The number of hydrogen-bond donors (Lipinski definition) is 1. The number of nitrogens with zero attached hydrogens (tertiary/aromatic N) is 1. The van der Waals surface area contributed by atoms with Crippen LogP contribution in [-0.4, -0.2) is 19.6 Å². The summed E-state index contributed by atoms with van der Waals surface area (Å²) < 4.78 is 0.492. The molecule has 1 N–H and O–H groups in total. The molecule has 4 heteroatoms. The minimum Gasteiger partial charge on any atom is -0.380 e. The van der Waals surface area contributed by atoms with Crippen molar-refractivity contribution in [1.82, 2.24) is 0 Å². The van der Waals surface area contributed by atoms with Crippen LogP contribution >= 0.6 is 12.2 Å². The minimum atomic E-state index is 0. The van der Waals surface area contributed by atoms with E-state index in [1.54, 1.807) is 0 Å². The van der Waals surface area contributed by atoms with Crippen LogP contribution in [0.3, 0.4) is 0 Å². The van der Waals surface area contributed by atoms with Gasteiger partial charge in [-0.2, -0.15) is 0 Å². The second-order valence-corrected chi connectivity index (χ2v) is 6.91. The van der Waals surface area contributed by atoms with Gasteiger partial charge >= 0.3 is 0 Å². The summed E-state index contributed by atoms with van der Waals surface area (Å²) in [6, 6.07) is 0. The maximum Gasteiger partial charge on any atom is 0.223 e. The van der Waals surface area contributed by atoms with Gasteiger partial charge in [0, 0.05) is 21.1 Å². The van der Waals surface area contributed by atoms with Gasteiger partial charge in [-0.3, -0.25) is 4.79 Å². The van der Waals surface area contributed by atoms with Crippen molar-refractivity contribution in [2.24, 2.45) is 5.41 Å². The van der Waals surface area contributed by atoms with Crippen molar-refractivity contribution < 1.29 is 1.43 Å². The average Bonchev–Trinajstić information content (AvgIpc) is 2.39. The van der Waals surface area contributed by atoms with E-state index >= 15 is 0 Å². The van der Waals surface area contributed by atoms with Gasteiger partial charge in [-0.1, -0.05) is 39.4 Å². The molecule has 1 aromatic carbocycles. The van der Waals surface area contributed by atoms with E-state index in [0.717, 1.165) is 37.4 Å². The van der Waals surface area contributed by atoms with Crippen LogP contribution < -0.4 is 15.6 Å². The maximum absolute atomic E-state index is 11.8. The lowest BCUT2D eigenvalue weighted by molar-refractivity contribution is 0.362. The highest BCUT2D eigenvalue weighted by atomic mass is 32.1. The lowest BCUT2D eigenvalue weighted by atomic mass is 9.90. The van der Waals surface area contributed by atoms with Gasteiger partial charge in [0.05, 0.1) is 5.69 Å². The molecule has 0 amide bonds. The Labute approximate surface area is 129 Å². The smallest absolute Gasteiger partial charge is 0.223 e. The SMILES string of the molecule is CCN(CC)c1c(NCCCCC(C)(C)C)c(=O)c1=S.[HH]. The van der Waals surface area contributed by atoms with E-state index in [9.17, 15) is 4.79 Å². The van der Waals surface area contributed by atoms with Crippen molar-refractivity contribution in [3.8, 4) is 0 Å². The molecular formula is C16H30N2OS. The van der Waals surface area contributed by atoms with Crippen LogP contribution in [0.1, 0.15) is 55.3 Å². The highest BCUT2D eigenvalue weighted by molar-refractivity contribution is 7.71. The third kappa shape index (κ3) is 4.30. The topological polar surface area (TPSA) is 32.3 Å². The summed E-state index contributed by atoms with van der Waals surface area (Å²) in [5, 5.41) is 3.29. The maximum atomic E-state index is 11.8. The largest absolute Gasteiger partial charge is 0.380 e. The summed E-state index contributed by atoms with van der Waals surface area (Å²) in [6.45, 7) is 13.6. The molecule has 0 fully saturated rings. The van der Waals surface area contributed by atoms with E-state index < -0.39 is 0 Å². The van der Waals surface area contributed by atoms with Gasteiger partial charge in [-0.25, -0.2) is 0 Å². The van der Waals surface area contributed by atoms with Gasteiger partial charge in [0.15, 0.2) is 0 Å². The lowest BCUT2D eigenvalue weighted by Crippen LogP contribution is -2.31. The lowest BCUT2D eigenvalue weighted by Gasteiger charge is -2.26. The predicted octanol–water partition coefficient (Wildman–Crippen LogP) is 4.37. The molecule has 0 saturated heterocycles. The highest BCUT2D eigenvalue weighted by Gasteiger charge is 2.21. The van der Waals surface area contributed by atoms with Crippen LogP contribution in [0.5, 0.6) is 0 Å². The first-order valence-corrected chi connectivity index (χ1v) is 8.04. The third-order valence-corrected chi connectivity index (χ3v) is 4.00. The van der Waals surface area contributed by atoms with Crippen molar-refractivity contribution in [1.29, 1.82) is 0 Å². The van der Waals surface area contributed by atoms with Crippen molar-refractivity contribution in [2.45, 2.75) is 53.9 Å². The number of nitrogens with one attached hydrogen (secondary N) is 1. The van der Waals surface area contributed by atoms with E-state index in [0.29, 0.717) is 9.93 Å². The molecule has 116 valence electrons. The fourth-order valence-electron chi connectivity index (χ4n) is 2.38. The van der Waals surface area contributed by atoms with Crippen molar-refractivity contribution in [3.05, 3.63) is 14.7 Å². The zero-order chi connectivity index (χ0) is 15.3. The molecule has 1 aromatic rings. The normalized spacial score (nSPS) is 11.8. The number of hydrogen-bond acceptors (Lipinski definition) is 4. The summed E-state index contributed by atoms with van der Waals surface area (Å²) in [5.41, 5.74) is 2.08. The summed E-state index contributed by atoms with van der Waals surface area (Å²) in [7, 11) is 0. The number of unbranched alkanes of at least 4 members (excludes halogenated alkanes) is 1. The molecule has 0 radical (unpaired) electrons. The third-order valence-electron chi connectivity index (χ3n) is 3.62. The van der Waals surface area contributed by atoms with Gasteiger partial charge < -0.3 is 10.2 Å². The van der Waals surface area contributed by atoms with E-state index in [1.165, 1.54) is 12.8 Å². The van der Waals surface area contributed by atoms with Crippen molar-refractivity contribution in [3.63, 3.8) is 0 Å². The summed E-state index contributed by atoms with van der Waals surface area (Å²) in [6.07, 6.45) is 3.48. The van der Waals surface area contributed by atoms with Crippen molar-refractivity contribution >= 4 is 23.6 Å². The van der Waals surface area contributed by atoms with Crippen LogP contribution in [0.15, 0.2) is 4.79 Å². The van der Waals surface area contributed by atoms with Gasteiger partial charge in [0.25, 0.3) is 0 Å². The standard InChI is InChI=1S/C16H28N2OS.H2/c1-6-18(7-2)13-12(14(19)15(13)20)17-11-9-8-10-16(3,4)5;/h17H,6-11H2,1-5H3;1H. The van der Waals surface area contributed by atoms with Gasteiger partial charge in [-0.15, -0.1) is 0 Å². The zero-order valence-electron chi connectivity index (χ0n) is 13.5. The summed E-state index contributed by atoms with van der Waals surface area (Å²) >= 11 is 5.18. The molecule has 0 aromatic heterocycles. The Hall–Kier alpha value is -0.900. The van der Waals surface area contributed by atoms with Gasteiger partial charge in [0.2, 0.25) is 5.43 Å². The minimum absolute atomic E-state index is 0. The fourth-order valence-corrected chi connectivity index (χ4v) is 2.71. The van der Waals surface area contributed by atoms with Gasteiger partial charge in [0.1, 0.15) is 10.2 Å². The Morgan fingerprint density at radius 1 is 1.20 bits per heavy atom. The Balaban J connectivity index is 0.00000400. The van der Waals surface area contributed by atoms with Crippen LogP contribution in [0, 0.1) is 9.93 Å². The predicted molar refractivity (Wildman–Crippen MR) is 93.4 cm³/mol. The molecule has 0 unspecified atom stereocenters. The van der Waals surface area contributed by atoms with E-state index in [-0.39, 0.29) is 6.86 Å². The molecule has 0 aliphatic carbocycles. The summed E-state index contributed by atoms with van der Waals surface area (Å²) in [4.78, 5) is 14.0. The molecule has 3 nitrogen and oxygen atoms in total. The van der Waals surface area contributed by atoms with Crippen LogP contribution in [-0.2, 0) is 0 Å². The van der Waals surface area contributed by atoms with Gasteiger partial charge in [-0.05, 0) is 32.1 Å². The quantitative estimate of drug-likeness (QED) is 0.570. The molecule has 0 atom stereocenters. The fraction of sp³-hybridized carbons (Fsp3) is 0.750. The number of rotatable bonds is 8. The Bertz CT molecular complexity index is 497. The molecule has 0 aliphatic heterocycles. The van der Waals surface area contributed by atoms with Crippen LogP contribution in [0.4, 0.5) is 11.4 Å². The highest BCUT2D eigenvalue weighted by Crippen LogP contribution is 2.27. The first-order chi connectivity index (χ1) is 9.31. The summed E-state index contributed by atoms with van der Waals surface area (Å²) in [5.74, 6) is 0. The second kappa shape index (κ2) is 7.21. The number of anilines is 2. The zero-order valence-corrected chi connectivity index (χ0v) is 14.3. The second-order valence-electron chi connectivity index (χ2n) is 6.50. The molecule has 1 rings (SSSR count). The Morgan fingerprint density at radius 2 is 1.80 bits per heavy atom. The first-order valence-electron chi connectivity index (χ1n) is 7.64. The van der Waals surface area contributed by atoms with Crippen molar-refractivity contribution in [2.75, 3.05) is 29.9 Å². The van der Waals surface area contributed by atoms with Crippen LogP contribution in [0.25, 0.3) is 0 Å². The van der Waals surface area contributed by atoms with Crippen LogP contribution in [0.2, 0.25) is 0 Å². The van der Waals surface area contributed by atoms with E-state index in [1.807, 2.05) is 0 Å². The molecule has 0 aliphatic rings. The molecular weight excluding hydrogens is 268 g/mol. The molecule has 0 bridgehead atoms. The molecule has 0 saturated carbocycles. The average molecular weight is 298 g/mol. The van der Waals surface area contributed by atoms with E-state index in [4.69, 9.17) is 12.2 Å². The van der Waals surface area contributed by atoms with E-state index in [2.05, 4.69) is 44.8 Å². The molecule has 0 spiro atoms. The first kappa shape index (κ1) is 17.2. The Kier molecular flexibility index (Phi) is 6.18.